The van der Waals surface area contributed by atoms with Gasteiger partial charge in [0.25, 0.3) is 0 Å². The molecule has 0 spiro atoms. The average Bonchev–Trinajstić information content (AvgIpc) is 3.03. The number of aliphatic hydroxyl groups is 1. The van der Waals surface area contributed by atoms with Gasteiger partial charge in [-0.2, -0.15) is 0 Å². The van der Waals surface area contributed by atoms with Crippen molar-refractivity contribution in [3.8, 4) is 0 Å². The van der Waals surface area contributed by atoms with Crippen molar-refractivity contribution < 1.29 is 5.11 Å². The van der Waals surface area contributed by atoms with Gasteiger partial charge < -0.3 is 5.11 Å². The lowest BCUT2D eigenvalue weighted by Gasteiger charge is -2.60. The number of aliphatic hydroxyl groups excluding tert-OH is 1. The van der Waals surface area contributed by atoms with E-state index in [2.05, 4.69) is 53.7 Å². The number of hydrogen-bond acceptors (Lipinski definition) is 1. The predicted octanol–water partition coefficient (Wildman–Crippen LogP) is 7.55. The maximum atomic E-state index is 10.3. The van der Waals surface area contributed by atoms with Crippen LogP contribution in [0.4, 0.5) is 0 Å². The Morgan fingerprint density at radius 3 is 2.48 bits per heavy atom. The second-order valence-electron chi connectivity index (χ2n) is 12.2. The maximum Gasteiger partial charge on any atom is 0.0543 e. The Morgan fingerprint density at radius 2 is 1.76 bits per heavy atom. The zero-order valence-electron chi connectivity index (χ0n) is 20.0. The molecule has 0 amide bonds. The lowest BCUT2D eigenvalue weighted by molar-refractivity contribution is -0.116. The molecule has 8 atom stereocenters. The van der Waals surface area contributed by atoms with Gasteiger partial charge in [0.2, 0.25) is 0 Å². The molecule has 0 heterocycles. The highest BCUT2D eigenvalue weighted by molar-refractivity contribution is 5.34. The van der Waals surface area contributed by atoms with Crippen LogP contribution in [0.15, 0.2) is 23.3 Å². The first-order chi connectivity index (χ1) is 13.7. The van der Waals surface area contributed by atoms with Gasteiger partial charge in [0.05, 0.1) is 6.10 Å². The molecule has 4 aliphatic rings. The molecule has 4 aliphatic carbocycles. The van der Waals surface area contributed by atoms with Gasteiger partial charge >= 0.3 is 0 Å². The molecule has 0 unspecified atom stereocenters. The van der Waals surface area contributed by atoms with Crippen LogP contribution in [-0.2, 0) is 0 Å². The van der Waals surface area contributed by atoms with E-state index in [1.807, 2.05) is 0 Å². The molecule has 0 aromatic carbocycles. The van der Waals surface area contributed by atoms with Crippen LogP contribution in [0.25, 0.3) is 0 Å². The third-order valence-electron chi connectivity index (χ3n) is 10.6. The summed E-state index contributed by atoms with van der Waals surface area (Å²) in [6, 6.07) is 0. The van der Waals surface area contributed by atoms with Crippen LogP contribution in [0.5, 0.6) is 0 Å². The molecular formula is C28H46O. The highest BCUT2D eigenvalue weighted by Crippen LogP contribution is 2.67. The van der Waals surface area contributed by atoms with Gasteiger partial charge in [-0.1, -0.05) is 57.9 Å². The molecule has 1 heteroatoms. The van der Waals surface area contributed by atoms with Gasteiger partial charge in [0, 0.05) is 0 Å². The van der Waals surface area contributed by atoms with E-state index in [0.717, 1.165) is 42.4 Å². The van der Waals surface area contributed by atoms with Crippen molar-refractivity contribution in [3.05, 3.63) is 23.3 Å². The average molecular weight is 399 g/mol. The third-order valence-corrected chi connectivity index (χ3v) is 10.6. The Hall–Kier alpha value is -0.560. The van der Waals surface area contributed by atoms with Crippen LogP contribution >= 0.6 is 0 Å². The molecule has 0 aromatic heterocycles. The Morgan fingerprint density at radius 1 is 1.00 bits per heavy atom. The molecule has 4 saturated carbocycles. The van der Waals surface area contributed by atoms with Crippen molar-refractivity contribution >= 4 is 0 Å². The van der Waals surface area contributed by atoms with Crippen molar-refractivity contribution in [1.82, 2.24) is 0 Å². The number of hydrogen-bond donors (Lipinski definition) is 1. The van der Waals surface area contributed by atoms with Crippen molar-refractivity contribution in [3.63, 3.8) is 0 Å². The molecule has 29 heavy (non-hydrogen) atoms. The molecule has 1 nitrogen and oxygen atoms in total. The molecule has 0 bridgehead atoms. The predicted molar refractivity (Wildman–Crippen MR) is 124 cm³/mol. The van der Waals surface area contributed by atoms with Gasteiger partial charge in [-0.25, -0.2) is 0 Å². The fraction of sp³-hybridized carbons (Fsp3) is 0.857. The fourth-order valence-electron chi connectivity index (χ4n) is 8.31. The summed E-state index contributed by atoms with van der Waals surface area (Å²) in [7, 11) is 0. The zero-order chi connectivity index (χ0) is 21.0. The first-order valence-corrected chi connectivity index (χ1v) is 12.7. The molecule has 0 aromatic rings. The number of fused-ring (bicyclic) bond motifs is 5. The summed E-state index contributed by atoms with van der Waals surface area (Å²) < 4.78 is 0. The summed E-state index contributed by atoms with van der Waals surface area (Å²) in [5.41, 5.74) is 4.30. The number of allylic oxidation sites excluding steroid dienone is 4. The van der Waals surface area contributed by atoms with Crippen LogP contribution in [0.2, 0.25) is 0 Å². The fourth-order valence-corrected chi connectivity index (χ4v) is 8.31. The van der Waals surface area contributed by atoms with E-state index < -0.39 is 0 Å². The van der Waals surface area contributed by atoms with Crippen LogP contribution < -0.4 is 0 Å². The molecule has 164 valence electrons. The van der Waals surface area contributed by atoms with Gasteiger partial charge in [0.1, 0.15) is 0 Å². The molecule has 1 N–H and O–H groups in total. The van der Waals surface area contributed by atoms with Crippen LogP contribution in [0.1, 0.15) is 99.3 Å². The lowest BCUT2D eigenvalue weighted by atomic mass is 9.45. The second kappa shape index (κ2) is 7.85. The summed E-state index contributed by atoms with van der Waals surface area (Å²) >= 11 is 0. The normalized spacial score (nSPS) is 47.7. The topological polar surface area (TPSA) is 20.2 Å². The highest BCUT2D eigenvalue weighted by atomic mass is 16.3. The van der Waals surface area contributed by atoms with Crippen molar-refractivity contribution in [2.45, 2.75) is 105 Å². The van der Waals surface area contributed by atoms with E-state index in [-0.39, 0.29) is 6.10 Å². The molecule has 0 radical (unpaired) electrons. The van der Waals surface area contributed by atoms with E-state index in [0.29, 0.717) is 16.7 Å². The Bertz CT molecular complexity index is 672. The van der Waals surface area contributed by atoms with Crippen LogP contribution in [0, 0.1) is 46.3 Å². The molecule has 0 aliphatic heterocycles. The first kappa shape index (κ1) is 21.7. The highest BCUT2D eigenvalue weighted by Gasteiger charge is 2.59. The molecule has 4 rings (SSSR count). The van der Waals surface area contributed by atoms with Crippen molar-refractivity contribution in [2.75, 3.05) is 0 Å². The van der Waals surface area contributed by atoms with E-state index in [1.54, 1.807) is 11.1 Å². The monoisotopic (exact) mass is 398 g/mol. The van der Waals surface area contributed by atoms with Crippen LogP contribution in [-0.4, -0.2) is 11.2 Å². The summed E-state index contributed by atoms with van der Waals surface area (Å²) in [6.07, 6.45) is 16.6. The van der Waals surface area contributed by atoms with E-state index in [4.69, 9.17) is 0 Å². The van der Waals surface area contributed by atoms with E-state index >= 15 is 0 Å². The SMILES string of the molecule is CC(/C=C\[C@H](C)C(C)C)=C1/CC[C@H]2[C@@H]3CC[C@@H]4C[C@@H](O)CC[C@]4(C)[C@H]3CC[C@]12C. The minimum absolute atomic E-state index is 0.0258. The first-order valence-electron chi connectivity index (χ1n) is 12.7. The molecular weight excluding hydrogens is 352 g/mol. The minimum Gasteiger partial charge on any atom is -0.393 e. The van der Waals surface area contributed by atoms with Crippen molar-refractivity contribution in [1.29, 1.82) is 0 Å². The summed E-state index contributed by atoms with van der Waals surface area (Å²) in [5.74, 6) is 4.87. The Balaban J connectivity index is 1.57. The minimum atomic E-state index is -0.0258. The smallest absolute Gasteiger partial charge is 0.0543 e. The third kappa shape index (κ3) is 3.58. The van der Waals surface area contributed by atoms with Crippen molar-refractivity contribution in [2.24, 2.45) is 46.3 Å². The second-order valence-corrected chi connectivity index (χ2v) is 12.2. The summed E-state index contributed by atoms with van der Waals surface area (Å²) in [4.78, 5) is 0. The Kier molecular flexibility index (Phi) is 5.86. The Labute approximate surface area is 180 Å². The zero-order valence-corrected chi connectivity index (χ0v) is 20.0. The van der Waals surface area contributed by atoms with Crippen LogP contribution in [0.3, 0.4) is 0 Å². The van der Waals surface area contributed by atoms with Gasteiger partial charge in [-0.3, -0.25) is 0 Å². The quantitative estimate of drug-likeness (QED) is 0.520. The molecule has 4 fully saturated rings. The van der Waals surface area contributed by atoms with E-state index in [9.17, 15) is 5.11 Å². The lowest BCUT2D eigenvalue weighted by Crippen LogP contribution is -2.53. The number of rotatable bonds is 3. The van der Waals surface area contributed by atoms with Gasteiger partial charge in [0.15, 0.2) is 0 Å². The van der Waals surface area contributed by atoms with Gasteiger partial charge in [-0.05, 0) is 111 Å². The van der Waals surface area contributed by atoms with Gasteiger partial charge in [-0.15, -0.1) is 0 Å². The summed E-state index contributed by atoms with van der Waals surface area (Å²) in [5, 5.41) is 10.3. The molecule has 0 saturated heterocycles. The van der Waals surface area contributed by atoms with E-state index in [1.165, 1.54) is 44.9 Å². The standard InChI is InChI=1S/C28H46O/c1-18(2)19(3)7-8-20(4)24-11-12-25-23-10-9-21-17-22(29)13-15-27(21,5)26(23)14-16-28(24,25)6/h7-8,18-19,21-23,25-26,29H,9-17H2,1-6H3/b8-7-,24-20+/t19-,21+,22-,23-,25-,26-,27-,28+/m0/s1. The summed E-state index contributed by atoms with van der Waals surface area (Å²) in [6.45, 7) is 14.6. The maximum absolute atomic E-state index is 10.3. The largest absolute Gasteiger partial charge is 0.393 e.